The predicted octanol–water partition coefficient (Wildman–Crippen LogP) is 1.28. The molecule has 0 fully saturated rings. The number of fused-ring (bicyclic) bond motifs is 1. The van der Waals surface area contributed by atoms with Crippen LogP contribution in [-0.2, 0) is 19.4 Å². The van der Waals surface area contributed by atoms with Gasteiger partial charge in [0.2, 0.25) is 5.91 Å². The Bertz CT molecular complexity index is 852. The molecule has 0 spiro atoms. The summed E-state index contributed by atoms with van der Waals surface area (Å²) in [6.07, 6.45) is 2.69. The third-order valence-corrected chi connectivity index (χ3v) is 4.44. The number of nitrogens with one attached hydrogen (secondary N) is 1. The summed E-state index contributed by atoms with van der Waals surface area (Å²) in [5.41, 5.74) is 0.546. The molecule has 0 bridgehead atoms. The van der Waals surface area contributed by atoms with E-state index in [1.807, 2.05) is 0 Å². The van der Waals surface area contributed by atoms with Gasteiger partial charge in [0.15, 0.2) is 15.0 Å². The first-order valence-corrected chi connectivity index (χ1v) is 8.29. The van der Waals surface area contributed by atoms with Crippen LogP contribution in [-0.4, -0.2) is 36.6 Å². The van der Waals surface area contributed by atoms with Gasteiger partial charge < -0.3 is 5.11 Å². The van der Waals surface area contributed by atoms with E-state index in [2.05, 4.69) is 10.3 Å². The van der Waals surface area contributed by atoms with Crippen LogP contribution in [0.4, 0.5) is 5.13 Å². The van der Waals surface area contributed by atoms with Crippen molar-refractivity contribution in [3.05, 3.63) is 30.4 Å². The fourth-order valence-electron chi connectivity index (χ4n) is 1.48. The SMILES string of the molecule is CS(=O)(=O)c1ccc2nc(NC(=O)C=CC(=O)O)sc2c1. The average Bonchev–Trinajstić information content (AvgIpc) is 2.76. The largest absolute Gasteiger partial charge is 0.478 e. The van der Waals surface area contributed by atoms with E-state index in [0.717, 1.165) is 23.7 Å². The van der Waals surface area contributed by atoms with Gasteiger partial charge >= 0.3 is 5.97 Å². The number of carbonyl (C=O) groups is 2. The number of amides is 1. The van der Waals surface area contributed by atoms with Crippen LogP contribution in [0.25, 0.3) is 10.2 Å². The molecule has 0 saturated heterocycles. The van der Waals surface area contributed by atoms with Gasteiger partial charge in [0.25, 0.3) is 0 Å². The fraction of sp³-hybridized carbons (Fsp3) is 0.0833. The van der Waals surface area contributed by atoms with Crippen LogP contribution in [0.2, 0.25) is 0 Å². The number of carboxylic acids is 1. The van der Waals surface area contributed by atoms with Gasteiger partial charge in [-0.25, -0.2) is 18.2 Å². The molecular formula is C12H10N2O5S2. The highest BCUT2D eigenvalue weighted by molar-refractivity contribution is 7.90. The summed E-state index contributed by atoms with van der Waals surface area (Å²) in [7, 11) is -3.31. The number of nitrogens with zero attached hydrogens (tertiary/aromatic N) is 1. The Labute approximate surface area is 123 Å². The maximum absolute atomic E-state index is 11.5. The van der Waals surface area contributed by atoms with E-state index in [1.54, 1.807) is 6.07 Å². The van der Waals surface area contributed by atoms with Crippen LogP contribution >= 0.6 is 11.3 Å². The van der Waals surface area contributed by atoms with Crippen molar-refractivity contribution in [3.63, 3.8) is 0 Å². The quantitative estimate of drug-likeness (QED) is 0.818. The number of rotatable bonds is 4. The standard InChI is InChI=1S/C12H10N2O5S2/c1-21(18,19)7-2-3-8-9(6-7)20-12(13-8)14-10(15)4-5-11(16)17/h2-6H,1H3,(H,16,17)(H,13,14,15). The molecular weight excluding hydrogens is 316 g/mol. The first-order chi connectivity index (χ1) is 9.75. The molecule has 1 aromatic heterocycles. The summed E-state index contributed by atoms with van der Waals surface area (Å²) in [5.74, 6) is -1.85. The molecule has 21 heavy (non-hydrogen) atoms. The molecule has 0 aliphatic carbocycles. The normalized spacial score (nSPS) is 11.9. The van der Waals surface area contributed by atoms with Gasteiger partial charge in [-0.15, -0.1) is 0 Å². The Morgan fingerprint density at radius 1 is 1.33 bits per heavy atom. The molecule has 7 nitrogen and oxygen atoms in total. The third kappa shape index (κ3) is 3.86. The van der Waals surface area contributed by atoms with Crippen LogP contribution < -0.4 is 5.32 Å². The Balaban J connectivity index is 2.27. The van der Waals surface area contributed by atoms with Crippen molar-refractivity contribution in [1.82, 2.24) is 4.98 Å². The van der Waals surface area contributed by atoms with Crippen molar-refractivity contribution in [2.75, 3.05) is 11.6 Å². The number of carbonyl (C=O) groups excluding carboxylic acids is 1. The zero-order valence-electron chi connectivity index (χ0n) is 10.7. The number of hydrogen-bond donors (Lipinski definition) is 2. The summed E-state index contributed by atoms with van der Waals surface area (Å²) >= 11 is 1.10. The van der Waals surface area contributed by atoms with Crippen molar-refractivity contribution >= 4 is 48.4 Å². The van der Waals surface area contributed by atoms with Gasteiger partial charge in [0.1, 0.15) is 0 Å². The lowest BCUT2D eigenvalue weighted by Gasteiger charge is -1.96. The minimum absolute atomic E-state index is 0.169. The number of benzene rings is 1. The lowest BCUT2D eigenvalue weighted by molar-refractivity contribution is -0.131. The number of anilines is 1. The molecule has 0 radical (unpaired) electrons. The molecule has 2 N–H and O–H groups in total. The number of aliphatic carboxylic acids is 1. The van der Waals surface area contributed by atoms with E-state index < -0.39 is 21.7 Å². The summed E-state index contributed by atoms with van der Waals surface area (Å²) in [6, 6.07) is 4.46. The first-order valence-electron chi connectivity index (χ1n) is 5.58. The van der Waals surface area contributed by atoms with Crippen molar-refractivity contribution < 1.29 is 23.1 Å². The Morgan fingerprint density at radius 2 is 2.05 bits per heavy atom. The van der Waals surface area contributed by atoms with Crippen molar-refractivity contribution in [2.24, 2.45) is 0 Å². The van der Waals surface area contributed by atoms with Crippen LogP contribution in [0.3, 0.4) is 0 Å². The number of sulfone groups is 1. The van der Waals surface area contributed by atoms with E-state index in [4.69, 9.17) is 5.11 Å². The lowest BCUT2D eigenvalue weighted by atomic mass is 10.3. The second-order valence-electron chi connectivity index (χ2n) is 4.08. The average molecular weight is 326 g/mol. The number of carboxylic acid groups (broad SMARTS) is 1. The first kappa shape index (κ1) is 15.1. The molecule has 0 atom stereocenters. The van der Waals surface area contributed by atoms with E-state index >= 15 is 0 Å². The van der Waals surface area contributed by atoms with E-state index in [0.29, 0.717) is 16.3 Å². The molecule has 110 valence electrons. The van der Waals surface area contributed by atoms with E-state index in [9.17, 15) is 18.0 Å². The molecule has 1 aromatic carbocycles. The van der Waals surface area contributed by atoms with E-state index in [-0.39, 0.29) is 10.0 Å². The van der Waals surface area contributed by atoms with Gasteiger partial charge in [0.05, 0.1) is 15.1 Å². The topological polar surface area (TPSA) is 113 Å². The molecule has 2 aromatic rings. The van der Waals surface area contributed by atoms with Crippen LogP contribution in [0, 0.1) is 0 Å². The van der Waals surface area contributed by atoms with Gasteiger partial charge in [0, 0.05) is 18.4 Å². The summed E-state index contributed by atoms with van der Waals surface area (Å²) in [5, 5.41) is 11.1. The minimum atomic E-state index is -3.31. The smallest absolute Gasteiger partial charge is 0.328 e. The van der Waals surface area contributed by atoms with Gasteiger partial charge in [-0.1, -0.05) is 11.3 Å². The Hall–Kier alpha value is -2.26. The van der Waals surface area contributed by atoms with Crippen LogP contribution in [0.5, 0.6) is 0 Å². The number of hydrogen-bond acceptors (Lipinski definition) is 6. The molecule has 9 heteroatoms. The molecule has 0 aliphatic rings. The van der Waals surface area contributed by atoms with Crippen LogP contribution in [0.1, 0.15) is 0 Å². The summed E-state index contributed by atoms with van der Waals surface area (Å²) in [6.45, 7) is 0. The molecule has 2 rings (SSSR count). The maximum atomic E-state index is 11.5. The molecule has 1 heterocycles. The Morgan fingerprint density at radius 3 is 2.67 bits per heavy atom. The molecule has 0 aliphatic heterocycles. The lowest BCUT2D eigenvalue weighted by Crippen LogP contribution is -2.08. The van der Waals surface area contributed by atoms with Crippen molar-refractivity contribution in [2.45, 2.75) is 4.90 Å². The molecule has 1 amide bonds. The molecule has 0 unspecified atom stereocenters. The number of thiazole rings is 1. The second kappa shape index (κ2) is 5.62. The number of aromatic nitrogens is 1. The summed E-state index contributed by atoms with van der Waals surface area (Å²) < 4.78 is 23.5. The highest BCUT2D eigenvalue weighted by Gasteiger charge is 2.11. The monoisotopic (exact) mass is 326 g/mol. The van der Waals surface area contributed by atoms with Gasteiger partial charge in [-0.2, -0.15) is 0 Å². The zero-order chi connectivity index (χ0) is 15.6. The van der Waals surface area contributed by atoms with Crippen molar-refractivity contribution in [1.29, 1.82) is 0 Å². The second-order valence-corrected chi connectivity index (χ2v) is 7.13. The zero-order valence-corrected chi connectivity index (χ0v) is 12.4. The van der Waals surface area contributed by atoms with Gasteiger partial charge in [-0.3, -0.25) is 10.1 Å². The maximum Gasteiger partial charge on any atom is 0.328 e. The Kier molecular flexibility index (Phi) is 4.05. The highest BCUT2D eigenvalue weighted by atomic mass is 32.2. The predicted molar refractivity (Wildman–Crippen MR) is 78.1 cm³/mol. The van der Waals surface area contributed by atoms with Gasteiger partial charge in [-0.05, 0) is 18.2 Å². The fourth-order valence-corrected chi connectivity index (χ4v) is 3.11. The molecule has 0 saturated carbocycles. The van der Waals surface area contributed by atoms with E-state index in [1.165, 1.54) is 12.1 Å². The minimum Gasteiger partial charge on any atom is -0.478 e. The van der Waals surface area contributed by atoms with Crippen LogP contribution in [0.15, 0.2) is 35.2 Å². The summed E-state index contributed by atoms with van der Waals surface area (Å²) in [4.78, 5) is 26.0. The van der Waals surface area contributed by atoms with Crippen molar-refractivity contribution in [3.8, 4) is 0 Å². The highest BCUT2D eigenvalue weighted by Crippen LogP contribution is 2.28. The third-order valence-electron chi connectivity index (χ3n) is 2.40.